The number of anilines is 1. The molecule has 30 heavy (non-hydrogen) atoms. The van der Waals surface area contributed by atoms with Crippen LogP contribution in [0.15, 0.2) is 48.5 Å². The van der Waals surface area contributed by atoms with E-state index in [0.29, 0.717) is 18.7 Å². The zero-order valence-corrected chi connectivity index (χ0v) is 18.2. The number of thioether (sulfide) groups is 1. The Morgan fingerprint density at radius 1 is 1.03 bits per heavy atom. The van der Waals surface area contributed by atoms with Crippen molar-refractivity contribution in [2.45, 2.75) is 24.6 Å². The Morgan fingerprint density at radius 3 is 2.40 bits per heavy atom. The van der Waals surface area contributed by atoms with Crippen molar-refractivity contribution >= 4 is 29.4 Å². The second-order valence-corrected chi connectivity index (χ2v) is 9.17. The molecule has 0 unspecified atom stereocenters. The Kier molecular flexibility index (Phi) is 5.90. The Morgan fingerprint density at radius 2 is 1.73 bits per heavy atom. The summed E-state index contributed by atoms with van der Waals surface area (Å²) in [7, 11) is 1.62. The van der Waals surface area contributed by atoms with Gasteiger partial charge in [0.15, 0.2) is 0 Å². The summed E-state index contributed by atoms with van der Waals surface area (Å²) in [4.78, 5) is 29.6. The lowest BCUT2D eigenvalue weighted by atomic mass is 10.0. The monoisotopic (exact) mass is 425 g/mol. The predicted molar refractivity (Wildman–Crippen MR) is 120 cm³/mol. The number of hydrogen-bond acceptors (Lipinski definition) is 4. The molecule has 6 nitrogen and oxygen atoms in total. The molecule has 0 bridgehead atoms. The fourth-order valence-electron chi connectivity index (χ4n) is 4.17. The number of nitrogens with one attached hydrogen (secondary N) is 1. The number of likely N-dealkylation sites (tertiary alicyclic amines) is 1. The zero-order valence-electron chi connectivity index (χ0n) is 17.4. The van der Waals surface area contributed by atoms with Crippen molar-refractivity contribution in [3.05, 3.63) is 59.7 Å². The third kappa shape index (κ3) is 3.99. The lowest BCUT2D eigenvalue weighted by Crippen LogP contribution is -2.54. The lowest BCUT2D eigenvalue weighted by molar-refractivity contribution is 0.0585. The summed E-state index contributed by atoms with van der Waals surface area (Å²) in [5.41, 5.74) is 2.56. The minimum atomic E-state index is -0.226. The molecular weight excluding hydrogens is 398 g/mol. The Balaban J connectivity index is 1.41. The molecule has 2 fully saturated rings. The van der Waals surface area contributed by atoms with Gasteiger partial charge in [0.25, 0.3) is 5.91 Å². The van der Waals surface area contributed by atoms with Gasteiger partial charge < -0.3 is 19.9 Å². The van der Waals surface area contributed by atoms with E-state index >= 15 is 0 Å². The van der Waals surface area contributed by atoms with E-state index in [2.05, 4.69) is 5.32 Å². The van der Waals surface area contributed by atoms with E-state index in [-0.39, 0.29) is 16.8 Å². The van der Waals surface area contributed by atoms with Gasteiger partial charge in [0, 0.05) is 36.6 Å². The van der Waals surface area contributed by atoms with Gasteiger partial charge in [-0.15, -0.1) is 11.8 Å². The van der Waals surface area contributed by atoms with Gasteiger partial charge in [-0.05, 0) is 55.7 Å². The molecule has 2 aliphatic heterocycles. The summed E-state index contributed by atoms with van der Waals surface area (Å²) >= 11 is 1.85. The molecule has 0 radical (unpaired) electrons. The highest BCUT2D eigenvalue weighted by Crippen LogP contribution is 2.44. The number of hydrogen-bond donors (Lipinski definition) is 1. The summed E-state index contributed by atoms with van der Waals surface area (Å²) in [6, 6.07) is 15.0. The molecule has 2 saturated heterocycles. The molecule has 4 rings (SSSR count). The molecule has 0 aromatic heterocycles. The second-order valence-electron chi connectivity index (χ2n) is 7.71. The number of urea groups is 1. The molecule has 0 atom stereocenters. The van der Waals surface area contributed by atoms with Crippen molar-refractivity contribution < 1.29 is 14.3 Å². The SMILES string of the molecule is COc1ccc(C(=O)N2CCSC23CCN(C(=O)Nc2ccccc2C)CC3)cc1. The molecule has 1 N–H and O–H groups in total. The van der Waals surface area contributed by atoms with Crippen molar-refractivity contribution in [3.8, 4) is 5.75 Å². The number of benzene rings is 2. The number of methoxy groups -OCH3 is 1. The minimum absolute atomic E-state index is 0.0560. The molecule has 0 aliphatic carbocycles. The summed E-state index contributed by atoms with van der Waals surface area (Å²) < 4.78 is 5.20. The first-order valence-corrected chi connectivity index (χ1v) is 11.2. The van der Waals surface area contributed by atoms with Gasteiger partial charge in [0.05, 0.1) is 12.0 Å². The van der Waals surface area contributed by atoms with Crippen molar-refractivity contribution in [2.24, 2.45) is 0 Å². The van der Waals surface area contributed by atoms with E-state index in [0.717, 1.165) is 42.1 Å². The average Bonchev–Trinajstić information content (AvgIpc) is 3.18. The van der Waals surface area contributed by atoms with Crippen LogP contribution in [-0.4, -0.2) is 59.1 Å². The van der Waals surface area contributed by atoms with Gasteiger partial charge in [-0.1, -0.05) is 18.2 Å². The lowest BCUT2D eigenvalue weighted by Gasteiger charge is -2.44. The zero-order chi connectivity index (χ0) is 21.1. The summed E-state index contributed by atoms with van der Waals surface area (Å²) in [5.74, 6) is 1.72. The van der Waals surface area contributed by atoms with E-state index in [9.17, 15) is 9.59 Å². The first-order valence-electron chi connectivity index (χ1n) is 10.2. The minimum Gasteiger partial charge on any atom is -0.497 e. The molecule has 2 aliphatic rings. The first kappa shape index (κ1) is 20.6. The quantitative estimate of drug-likeness (QED) is 0.800. The van der Waals surface area contributed by atoms with Gasteiger partial charge >= 0.3 is 6.03 Å². The number of para-hydroxylation sites is 1. The molecule has 7 heteroatoms. The molecule has 3 amide bonds. The number of ether oxygens (including phenoxy) is 1. The van der Waals surface area contributed by atoms with Crippen LogP contribution in [0.1, 0.15) is 28.8 Å². The summed E-state index contributed by atoms with van der Waals surface area (Å²) in [6.45, 7) is 4.00. The van der Waals surface area contributed by atoms with Gasteiger partial charge in [-0.3, -0.25) is 4.79 Å². The highest BCUT2D eigenvalue weighted by molar-refractivity contribution is 8.00. The maximum absolute atomic E-state index is 13.2. The third-order valence-corrected chi connectivity index (χ3v) is 7.53. The van der Waals surface area contributed by atoms with Gasteiger partial charge in [-0.25, -0.2) is 4.79 Å². The summed E-state index contributed by atoms with van der Waals surface area (Å²) in [5, 5.41) is 3.02. The van der Waals surface area contributed by atoms with Crippen molar-refractivity contribution in [3.63, 3.8) is 0 Å². The number of piperidine rings is 1. The standard InChI is InChI=1S/C23H27N3O3S/c1-17-5-3-4-6-20(17)24-22(28)25-13-11-23(12-14-25)26(15-16-30-23)21(27)18-7-9-19(29-2)10-8-18/h3-10H,11-16H2,1-2H3,(H,24,28). The van der Waals surface area contributed by atoms with E-state index in [1.54, 1.807) is 7.11 Å². The van der Waals surface area contributed by atoms with Crippen LogP contribution in [0.4, 0.5) is 10.5 Å². The second kappa shape index (κ2) is 8.60. The van der Waals surface area contributed by atoms with Crippen LogP contribution in [0.3, 0.4) is 0 Å². The maximum atomic E-state index is 13.2. The molecule has 158 valence electrons. The number of amides is 3. The van der Waals surface area contributed by atoms with Crippen molar-refractivity contribution in [1.82, 2.24) is 9.80 Å². The van der Waals surface area contributed by atoms with E-state index in [1.807, 2.05) is 77.0 Å². The number of nitrogens with zero attached hydrogens (tertiary/aromatic N) is 2. The van der Waals surface area contributed by atoms with Crippen LogP contribution in [0.5, 0.6) is 5.75 Å². The molecule has 2 heterocycles. The number of carbonyl (C=O) groups excluding carboxylic acids is 2. The number of aryl methyl sites for hydroxylation is 1. The normalized spacial score (nSPS) is 17.8. The van der Waals surface area contributed by atoms with E-state index in [4.69, 9.17) is 4.74 Å². The highest BCUT2D eigenvalue weighted by atomic mass is 32.2. The molecular formula is C23H27N3O3S. The topological polar surface area (TPSA) is 61.9 Å². The van der Waals surface area contributed by atoms with Crippen molar-refractivity contribution in [2.75, 3.05) is 37.8 Å². The van der Waals surface area contributed by atoms with E-state index in [1.165, 1.54) is 0 Å². The van der Waals surface area contributed by atoms with Crippen molar-refractivity contribution in [1.29, 1.82) is 0 Å². The van der Waals surface area contributed by atoms with Crippen LogP contribution >= 0.6 is 11.8 Å². The van der Waals surface area contributed by atoms with Crippen LogP contribution in [0.2, 0.25) is 0 Å². The van der Waals surface area contributed by atoms with Gasteiger partial charge in [0.2, 0.25) is 0 Å². The molecule has 2 aromatic carbocycles. The largest absolute Gasteiger partial charge is 0.497 e. The highest BCUT2D eigenvalue weighted by Gasteiger charge is 2.47. The molecule has 1 spiro atoms. The number of rotatable bonds is 3. The predicted octanol–water partition coefficient (Wildman–Crippen LogP) is 4.22. The maximum Gasteiger partial charge on any atom is 0.321 e. The van der Waals surface area contributed by atoms with Gasteiger partial charge in [0.1, 0.15) is 5.75 Å². The van der Waals surface area contributed by atoms with Crippen LogP contribution < -0.4 is 10.1 Å². The fourth-order valence-corrected chi connectivity index (χ4v) is 5.62. The van der Waals surface area contributed by atoms with Crippen LogP contribution in [0.25, 0.3) is 0 Å². The fraction of sp³-hybridized carbons (Fsp3) is 0.391. The smallest absolute Gasteiger partial charge is 0.321 e. The Bertz CT molecular complexity index is 924. The average molecular weight is 426 g/mol. The third-order valence-electron chi connectivity index (χ3n) is 5.98. The van der Waals surface area contributed by atoms with Crippen LogP contribution in [-0.2, 0) is 0 Å². The summed E-state index contributed by atoms with van der Waals surface area (Å²) in [6.07, 6.45) is 1.56. The van der Waals surface area contributed by atoms with Crippen LogP contribution in [0, 0.1) is 6.92 Å². The first-order chi connectivity index (χ1) is 14.5. The van der Waals surface area contributed by atoms with Gasteiger partial charge in [-0.2, -0.15) is 0 Å². The Labute approximate surface area is 181 Å². The molecule has 0 saturated carbocycles. The van der Waals surface area contributed by atoms with E-state index < -0.39 is 0 Å². The molecule has 2 aromatic rings. The Hall–Kier alpha value is -2.67. The number of carbonyl (C=O) groups is 2.